The SMILES string of the molecule is COC(=O)[C@H]1N[C@H](c2cccs2)N(c2ccccc2)[C@@H]1c1cccs1. The van der Waals surface area contributed by atoms with Crippen LogP contribution in [0.15, 0.2) is 65.4 Å². The average Bonchev–Trinajstić information content (AvgIpc) is 3.40. The molecule has 6 heteroatoms. The fourth-order valence-electron chi connectivity index (χ4n) is 3.32. The normalized spacial score (nSPS) is 22.9. The van der Waals surface area contributed by atoms with Crippen LogP contribution in [0.2, 0.25) is 0 Å². The molecule has 3 atom stereocenters. The molecule has 0 bridgehead atoms. The first-order valence-electron chi connectivity index (χ1n) is 8.03. The lowest BCUT2D eigenvalue weighted by Crippen LogP contribution is -2.36. The second kappa shape index (κ2) is 7.00. The summed E-state index contributed by atoms with van der Waals surface area (Å²) < 4.78 is 5.09. The van der Waals surface area contributed by atoms with E-state index in [1.165, 1.54) is 12.0 Å². The molecule has 25 heavy (non-hydrogen) atoms. The maximum atomic E-state index is 12.5. The van der Waals surface area contributed by atoms with Crippen LogP contribution in [0.4, 0.5) is 5.69 Å². The summed E-state index contributed by atoms with van der Waals surface area (Å²) in [5.74, 6) is -0.238. The number of thiophene rings is 2. The number of carbonyl (C=O) groups is 1. The summed E-state index contributed by atoms with van der Waals surface area (Å²) in [5.41, 5.74) is 1.08. The molecule has 1 aliphatic heterocycles. The van der Waals surface area contributed by atoms with Gasteiger partial charge in [-0.3, -0.25) is 10.1 Å². The van der Waals surface area contributed by atoms with Gasteiger partial charge >= 0.3 is 5.97 Å². The van der Waals surface area contributed by atoms with Gasteiger partial charge in [0.1, 0.15) is 12.2 Å². The van der Waals surface area contributed by atoms with Gasteiger partial charge in [-0.25, -0.2) is 0 Å². The van der Waals surface area contributed by atoms with Crippen LogP contribution in [0.3, 0.4) is 0 Å². The maximum absolute atomic E-state index is 12.5. The molecule has 4 nitrogen and oxygen atoms in total. The molecule has 1 N–H and O–H groups in total. The van der Waals surface area contributed by atoms with Gasteiger partial charge in [0.25, 0.3) is 0 Å². The van der Waals surface area contributed by atoms with Crippen LogP contribution in [-0.2, 0) is 9.53 Å². The van der Waals surface area contributed by atoms with E-state index in [4.69, 9.17) is 4.74 Å². The molecule has 0 spiro atoms. The lowest BCUT2D eigenvalue weighted by atomic mass is 10.1. The number of benzene rings is 1. The first-order chi connectivity index (χ1) is 12.3. The van der Waals surface area contributed by atoms with Crippen LogP contribution in [0.25, 0.3) is 0 Å². The van der Waals surface area contributed by atoms with Gasteiger partial charge in [-0.15, -0.1) is 22.7 Å². The Hall–Kier alpha value is -2.15. The largest absolute Gasteiger partial charge is 0.468 e. The summed E-state index contributed by atoms with van der Waals surface area (Å²) in [4.78, 5) is 17.1. The zero-order valence-electron chi connectivity index (χ0n) is 13.7. The highest BCUT2D eigenvalue weighted by Crippen LogP contribution is 2.44. The van der Waals surface area contributed by atoms with Gasteiger partial charge < -0.3 is 9.64 Å². The maximum Gasteiger partial charge on any atom is 0.325 e. The van der Waals surface area contributed by atoms with Crippen molar-refractivity contribution in [3.63, 3.8) is 0 Å². The number of para-hydroxylation sites is 1. The first-order valence-corrected chi connectivity index (χ1v) is 9.79. The van der Waals surface area contributed by atoms with Crippen molar-refractivity contribution in [2.75, 3.05) is 12.0 Å². The highest BCUT2D eigenvalue weighted by molar-refractivity contribution is 7.10. The Morgan fingerprint density at radius 3 is 2.28 bits per heavy atom. The average molecular weight is 370 g/mol. The number of carbonyl (C=O) groups excluding carboxylic acids is 1. The minimum atomic E-state index is -0.420. The number of rotatable bonds is 4. The minimum absolute atomic E-state index is 0.0707. The quantitative estimate of drug-likeness (QED) is 0.699. The Labute approximate surface area is 154 Å². The Balaban J connectivity index is 1.84. The van der Waals surface area contributed by atoms with E-state index in [1.54, 1.807) is 22.7 Å². The third-order valence-electron chi connectivity index (χ3n) is 4.39. The molecule has 0 amide bonds. The first kappa shape index (κ1) is 16.3. The molecular formula is C19H18N2O2S2. The van der Waals surface area contributed by atoms with Crippen LogP contribution in [0, 0.1) is 0 Å². The van der Waals surface area contributed by atoms with E-state index in [1.807, 2.05) is 35.7 Å². The molecule has 1 fully saturated rings. The Morgan fingerprint density at radius 2 is 1.68 bits per heavy atom. The topological polar surface area (TPSA) is 41.6 Å². The van der Waals surface area contributed by atoms with Crippen LogP contribution >= 0.6 is 22.7 Å². The van der Waals surface area contributed by atoms with Gasteiger partial charge in [-0.2, -0.15) is 0 Å². The number of nitrogens with zero attached hydrogens (tertiary/aromatic N) is 1. The van der Waals surface area contributed by atoms with E-state index < -0.39 is 6.04 Å². The van der Waals surface area contributed by atoms with E-state index in [0.717, 1.165) is 10.6 Å². The molecule has 0 aliphatic carbocycles. The third kappa shape index (κ3) is 2.97. The van der Waals surface area contributed by atoms with Crippen molar-refractivity contribution >= 4 is 34.3 Å². The Bertz CT molecular complexity index is 819. The van der Waals surface area contributed by atoms with Gasteiger partial charge in [0.15, 0.2) is 0 Å². The van der Waals surface area contributed by atoms with E-state index in [9.17, 15) is 4.79 Å². The molecule has 0 saturated carbocycles. The van der Waals surface area contributed by atoms with Crippen molar-refractivity contribution in [1.29, 1.82) is 0 Å². The third-order valence-corrected chi connectivity index (χ3v) is 6.26. The lowest BCUT2D eigenvalue weighted by molar-refractivity contribution is -0.143. The number of methoxy groups -OCH3 is 1. The van der Waals surface area contributed by atoms with E-state index >= 15 is 0 Å². The van der Waals surface area contributed by atoms with Crippen molar-refractivity contribution < 1.29 is 9.53 Å². The van der Waals surface area contributed by atoms with Crippen molar-refractivity contribution in [2.24, 2.45) is 0 Å². The summed E-state index contributed by atoms with van der Waals surface area (Å²) in [7, 11) is 1.45. The number of anilines is 1. The van der Waals surface area contributed by atoms with Crippen LogP contribution in [-0.4, -0.2) is 19.1 Å². The predicted molar refractivity (Wildman–Crippen MR) is 102 cm³/mol. The summed E-state index contributed by atoms with van der Waals surface area (Å²) in [6.07, 6.45) is -0.0707. The zero-order chi connectivity index (χ0) is 17.2. The second-order valence-electron chi connectivity index (χ2n) is 5.79. The number of hydrogen-bond acceptors (Lipinski definition) is 6. The zero-order valence-corrected chi connectivity index (χ0v) is 15.3. The standard InChI is InChI=1S/C19H18N2O2S2/c1-23-19(22)16-17(14-9-5-11-24-14)21(13-7-3-2-4-8-13)18(20-16)15-10-6-12-25-15/h2-12,16-18,20H,1H3/t16-,17+,18-/m0/s1. The van der Waals surface area contributed by atoms with Gasteiger partial charge in [-0.05, 0) is 35.0 Å². The number of esters is 1. The van der Waals surface area contributed by atoms with Gasteiger partial charge in [-0.1, -0.05) is 30.3 Å². The highest BCUT2D eigenvalue weighted by atomic mass is 32.1. The van der Waals surface area contributed by atoms with Gasteiger partial charge in [0, 0.05) is 15.4 Å². The smallest absolute Gasteiger partial charge is 0.325 e. The fourth-order valence-corrected chi connectivity index (χ4v) is 4.97. The molecule has 4 rings (SSSR count). The molecule has 3 heterocycles. The number of hydrogen-bond donors (Lipinski definition) is 1. The Morgan fingerprint density at radius 1 is 1.00 bits per heavy atom. The summed E-state index contributed by atoms with van der Waals surface area (Å²) >= 11 is 3.35. The summed E-state index contributed by atoms with van der Waals surface area (Å²) in [6.45, 7) is 0. The molecule has 2 aromatic heterocycles. The predicted octanol–water partition coefficient (Wildman–Crippen LogP) is 4.20. The Kier molecular flexibility index (Phi) is 4.57. The van der Waals surface area contributed by atoms with Crippen LogP contribution in [0.1, 0.15) is 22.0 Å². The highest BCUT2D eigenvalue weighted by Gasteiger charge is 2.47. The van der Waals surface area contributed by atoms with Crippen molar-refractivity contribution in [3.8, 4) is 0 Å². The van der Waals surface area contributed by atoms with Crippen molar-refractivity contribution in [2.45, 2.75) is 18.2 Å². The number of ether oxygens (including phenoxy) is 1. The molecule has 0 radical (unpaired) electrons. The van der Waals surface area contributed by atoms with E-state index in [2.05, 4.69) is 39.9 Å². The van der Waals surface area contributed by atoms with Crippen LogP contribution < -0.4 is 10.2 Å². The van der Waals surface area contributed by atoms with Crippen molar-refractivity contribution in [1.82, 2.24) is 5.32 Å². The van der Waals surface area contributed by atoms with Gasteiger partial charge in [0.2, 0.25) is 0 Å². The molecule has 1 aliphatic rings. The molecule has 1 saturated heterocycles. The van der Waals surface area contributed by atoms with E-state index in [-0.39, 0.29) is 18.2 Å². The fraction of sp³-hybridized carbons (Fsp3) is 0.211. The van der Waals surface area contributed by atoms with Crippen molar-refractivity contribution in [3.05, 3.63) is 75.1 Å². The molecule has 1 aromatic carbocycles. The number of nitrogens with one attached hydrogen (secondary N) is 1. The molecule has 3 aromatic rings. The molecule has 128 valence electrons. The summed E-state index contributed by atoms with van der Waals surface area (Å²) in [6, 6.07) is 17.9. The molecular weight excluding hydrogens is 352 g/mol. The van der Waals surface area contributed by atoms with E-state index in [0.29, 0.717) is 0 Å². The summed E-state index contributed by atoms with van der Waals surface area (Å²) in [5, 5.41) is 7.61. The monoisotopic (exact) mass is 370 g/mol. The lowest BCUT2D eigenvalue weighted by Gasteiger charge is -2.31. The van der Waals surface area contributed by atoms with Gasteiger partial charge in [0.05, 0.1) is 13.2 Å². The minimum Gasteiger partial charge on any atom is -0.468 e. The van der Waals surface area contributed by atoms with Crippen LogP contribution in [0.5, 0.6) is 0 Å². The molecule has 0 unspecified atom stereocenters. The second-order valence-corrected chi connectivity index (χ2v) is 7.75.